The lowest BCUT2D eigenvalue weighted by Gasteiger charge is -2.10. The third kappa shape index (κ3) is 3.62. The highest BCUT2D eigenvalue weighted by Gasteiger charge is 2.16. The number of nitrogens with zero attached hydrogens (tertiary/aromatic N) is 1. The summed E-state index contributed by atoms with van der Waals surface area (Å²) in [6.07, 6.45) is 0.194. The number of ether oxygens (including phenoxy) is 1. The van der Waals surface area contributed by atoms with E-state index in [2.05, 4.69) is 15.0 Å². The Morgan fingerprint density at radius 1 is 1.62 bits per heavy atom. The van der Waals surface area contributed by atoms with Crippen molar-refractivity contribution in [3.8, 4) is 0 Å². The van der Waals surface area contributed by atoms with Crippen LogP contribution in [0.1, 0.15) is 17.6 Å². The van der Waals surface area contributed by atoms with Crippen molar-refractivity contribution in [3.05, 3.63) is 16.1 Å². The molecule has 0 fully saturated rings. The van der Waals surface area contributed by atoms with E-state index in [0.29, 0.717) is 0 Å². The SMILES string of the molecule is COC(=O)C(C)NC(=O)Cc1nc(C)cs1. The first-order valence-corrected chi connectivity index (χ1v) is 5.69. The molecular formula is C10H14N2O3S. The molecule has 0 aliphatic carbocycles. The second-order valence-corrected chi connectivity index (χ2v) is 4.31. The van der Waals surface area contributed by atoms with Gasteiger partial charge in [0.05, 0.1) is 13.5 Å². The van der Waals surface area contributed by atoms with Crippen LogP contribution < -0.4 is 5.32 Å². The number of hydrogen-bond donors (Lipinski definition) is 1. The summed E-state index contributed by atoms with van der Waals surface area (Å²) >= 11 is 1.43. The Hall–Kier alpha value is -1.43. The maximum atomic E-state index is 11.5. The normalized spacial score (nSPS) is 11.9. The molecule has 1 heterocycles. The first-order valence-electron chi connectivity index (χ1n) is 4.81. The summed E-state index contributed by atoms with van der Waals surface area (Å²) < 4.78 is 4.50. The van der Waals surface area contributed by atoms with E-state index in [1.807, 2.05) is 12.3 Å². The molecule has 1 aromatic heterocycles. The summed E-state index contributed by atoms with van der Waals surface area (Å²) in [6, 6.07) is -0.626. The Morgan fingerprint density at radius 3 is 2.81 bits per heavy atom. The van der Waals surface area contributed by atoms with E-state index in [-0.39, 0.29) is 12.3 Å². The van der Waals surface area contributed by atoms with Crippen LogP contribution in [0.5, 0.6) is 0 Å². The summed E-state index contributed by atoms with van der Waals surface area (Å²) in [7, 11) is 1.29. The predicted octanol–water partition coefficient (Wildman–Crippen LogP) is 0.672. The zero-order chi connectivity index (χ0) is 12.1. The molecule has 88 valence electrons. The van der Waals surface area contributed by atoms with Gasteiger partial charge in [-0.25, -0.2) is 9.78 Å². The number of hydrogen-bond acceptors (Lipinski definition) is 5. The van der Waals surface area contributed by atoms with Crippen LogP contribution in [-0.2, 0) is 20.7 Å². The van der Waals surface area contributed by atoms with E-state index in [1.165, 1.54) is 18.4 Å². The number of methoxy groups -OCH3 is 1. The third-order valence-corrected chi connectivity index (χ3v) is 2.88. The van der Waals surface area contributed by atoms with Crippen molar-refractivity contribution >= 4 is 23.2 Å². The molecule has 0 bridgehead atoms. The molecule has 1 atom stereocenters. The monoisotopic (exact) mass is 242 g/mol. The van der Waals surface area contributed by atoms with E-state index in [1.54, 1.807) is 6.92 Å². The Morgan fingerprint density at radius 2 is 2.31 bits per heavy atom. The van der Waals surface area contributed by atoms with Gasteiger partial charge in [0, 0.05) is 11.1 Å². The summed E-state index contributed by atoms with van der Waals surface area (Å²) in [5.74, 6) is -0.684. The van der Waals surface area contributed by atoms with Gasteiger partial charge in [0.1, 0.15) is 11.0 Å². The van der Waals surface area contributed by atoms with E-state index >= 15 is 0 Å². The van der Waals surface area contributed by atoms with Crippen LogP contribution in [0.2, 0.25) is 0 Å². The van der Waals surface area contributed by atoms with Gasteiger partial charge >= 0.3 is 5.97 Å². The number of aromatic nitrogens is 1. The number of carbonyl (C=O) groups excluding carboxylic acids is 2. The number of carbonyl (C=O) groups is 2. The second-order valence-electron chi connectivity index (χ2n) is 3.37. The first-order chi connectivity index (χ1) is 7.52. The minimum Gasteiger partial charge on any atom is -0.467 e. The second kappa shape index (κ2) is 5.60. The van der Waals surface area contributed by atoms with Crippen molar-refractivity contribution < 1.29 is 14.3 Å². The topological polar surface area (TPSA) is 68.3 Å². The van der Waals surface area contributed by atoms with E-state index in [9.17, 15) is 9.59 Å². The van der Waals surface area contributed by atoms with Crippen LogP contribution in [0.15, 0.2) is 5.38 Å². The van der Waals surface area contributed by atoms with Gasteiger partial charge < -0.3 is 10.1 Å². The molecule has 1 amide bonds. The van der Waals surface area contributed by atoms with Gasteiger partial charge in [-0.1, -0.05) is 0 Å². The molecular weight excluding hydrogens is 228 g/mol. The average molecular weight is 242 g/mol. The van der Waals surface area contributed by atoms with Crippen molar-refractivity contribution in [3.63, 3.8) is 0 Å². The Labute approximate surface area is 97.8 Å². The van der Waals surface area contributed by atoms with Crippen LogP contribution in [0.3, 0.4) is 0 Å². The fourth-order valence-corrected chi connectivity index (χ4v) is 1.92. The number of nitrogens with one attached hydrogen (secondary N) is 1. The van der Waals surface area contributed by atoms with Crippen LogP contribution in [0, 0.1) is 6.92 Å². The Balaban J connectivity index is 2.45. The maximum absolute atomic E-state index is 11.5. The molecule has 5 nitrogen and oxygen atoms in total. The minimum atomic E-state index is -0.626. The number of aryl methyl sites for hydroxylation is 1. The average Bonchev–Trinajstić information content (AvgIpc) is 2.62. The molecule has 0 aliphatic heterocycles. The Kier molecular flexibility index (Phi) is 4.42. The van der Waals surface area contributed by atoms with Gasteiger partial charge in [0.25, 0.3) is 0 Å². The lowest BCUT2D eigenvalue weighted by molar-refractivity contribution is -0.144. The molecule has 1 N–H and O–H groups in total. The highest BCUT2D eigenvalue weighted by molar-refractivity contribution is 7.09. The standard InChI is InChI=1S/C10H14N2O3S/c1-6-5-16-9(11-6)4-8(13)12-7(2)10(14)15-3/h5,7H,4H2,1-3H3,(H,12,13). The van der Waals surface area contributed by atoms with Crippen molar-refractivity contribution in [1.29, 1.82) is 0 Å². The number of thiazole rings is 1. The third-order valence-electron chi connectivity index (χ3n) is 1.91. The Bertz CT molecular complexity index is 389. The van der Waals surface area contributed by atoms with Gasteiger partial charge in [-0.3, -0.25) is 4.79 Å². The number of amides is 1. The summed E-state index contributed by atoms with van der Waals surface area (Å²) in [4.78, 5) is 26.7. The predicted molar refractivity (Wildman–Crippen MR) is 60.2 cm³/mol. The highest BCUT2D eigenvalue weighted by atomic mass is 32.1. The summed E-state index contributed by atoms with van der Waals surface area (Å²) in [5, 5.41) is 5.17. The van der Waals surface area contributed by atoms with Crippen molar-refractivity contribution in [2.24, 2.45) is 0 Å². The van der Waals surface area contributed by atoms with Crippen molar-refractivity contribution in [1.82, 2.24) is 10.3 Å². The quantitative estimate of drug-likeness (QED) is 0.788. The number of esters is 1. The lowest BCUT2D eigenvalue weighted by atomic mass is 10.3. The molecule has 1 aromatic rings. The first kappa shape index (κ1) is 12.6. The van der Waals surface area contributed by atoms with Crippen LogP contribution in [0.4, 0.5) is 0 Å². The van der Waals surface area contributed by atoms with E-state index in [0.717, 1.165) is 10.7 Å². The molecule has 0 saturated heterocycles. The summed E-state index contributed by atoms with van der Waals surface area (Å²) in [6.45, 7) is 3.45. The molecule has 1 rings (SSSR count). The highest BCUT2D eigenvalue weighted by Crippen LogP contribution is 2.09. The summed E-state index contributed by atoms with van der Waals surface area (Å²) in [5.41, 5.74) is 0.897. The largest absolute Gasteiger partial charge is 0.467 e. The fourth-order valence-electron chi connectivity index (χ4n) is 1.15. The molecule has 0 spiro atoms. The van der Waals surface area contributed by atoms with Crippen LogP contribution in [-0.4, -0.2) is 30.0 Å². The molecule has 1 unspecified atom stereocenters. The number of rotatable bonds is 4. The molecule has 6 heteroatoms. The zero-order valence-electron chi connectivity index (χ0n) is 9.44. The van der Waals surface area contributed by atoms with E-state index in [4.69, 9.17) is 0 Å². The minimum absolute atomic E-state index is 0.194. The van der Waals surface area contributed by atoms with Crippen LogP contribution in [0.25, 0.3) is 0 Å². The van der Waals surface area contributed by atoms with Gasteiger partial charge in [-0.05, 0) is 13.8 Å². The van der Waals surface area contributed by atoms with Crippen molar-refractivity contribution in [2.45, 2.75) is 26.3 Å². The fraction of sp³-hybridized carbons (Fsp3) is 0.500. The van der Waals surface area contributed by atoms with Gasteiger partial charge in [0.15, 0.2) is 0 Å². The van der Waals surface area contributed by atoms with Gasteiger partial charge in [0.2, 0.25) is 5.91 Å². The molecule has 0 aromatic carbocycles. The zero-order valence-corrected chi connectivity index (χ0v) is 10.3. The molecule has 0 saturated carbocycles. The lowest BCUT2D eigenvalue weighted by Crippen LogP contribution is -2.39. The molecule has 16 heavy (non-hydrogen) atoms. The smallest absolute Gasteiger partial charge is 0.328 e. The van der Waals surface area contributed by atoms with Crippen molar-refractivity contribution in [2.75, 3.05) is 7.11 Å². The maximum Gasteiger partial charge on any atom is 0.328 e. The molecule has 0 aliphatic rings. The van der Waals surface area contributed by atoms with E-state index < -0.39 is 12.0 Å². The van der Waals surface area contributed by atoms with Gasteiger partial charge in [-0.2, -0.15) is 0 Å². The molecule has 0 radical (unpaired) electrons. The van der Waals surface area contributed by atoms with Gasteiger partial charge in [-0.15, -0.1) is 11.3 Å². The van der Waals surface area contributed by atoms with Crippen LogP contribution >= 0.6 is 11.3 Å².